The number of benzene rings is 2. The van der Waals surface area contributed by atoms with Crippen molar-refractivity contribution in [3.05, 3.63) is 54.1 Å². The van der Waals surface area contributed by atoms with Gasteiger partial charge in [-0.3, -0.25) is 4.79 Å². The normalized spacial score (nSPS) is 11.9. The lowest BCUT2D eigenvalue weighted by molar-refractivity contribution is -0.148. The fraction of sp³-hybridized carbons (Fsp3) is 0.484. The molecule has 0 aromatic heterocycles. The minimum absolute atomic E-state index is 0.00618. The van der Waals surface area contributed by atoms with Gasteiger partial charge in [0.2, 0.25) is 0 Å². The quantitative estimate of drug-likeness (QED) is 0.0957. The summed E-state index contributed by atoms with van der Waals surface area (Å²) >= 11 is 0. The van der Waals surface area contributed by atoms with E-state index < -0.39 is 36.6 Å². The van der Waals surface area contributed by atoms with Gasteiger partial charge >= 0.3 is 24.4 Å². The first kappa shape index (κ1) is 34.9. The summed E-state index contributed by atoms with van der Waals surface area (Å²) in [5, 5.41) is 0. The molecule has 236 valence electrons. The Balaban J connectivity index is 1.95. The average Bonchev–Trinajstić information content (AvgIpc) is 2.98. The summed E-state index contributed by atoms with van der Waals surface area (Å²) in [6.45, 7) is 5.69. The van der Waals surface area contributed by atoms with Gasteiger partial charge in [-0.05, 0) is 56.0 Å². The Labute approximate surface area is 251 Å². The lowest BCUT2D eigenvalue weighted by Crippen LogP contribution is -2.36. The van der Waals surface area contributed by atoms with Crippen molar-refractivity contribution >= 4 is 24.4 Å². The summed E-state index contributed by atoms with van der Waals surface area (Å²) in [5.41, 5.74) is 6.52. The van der Waals surface area contributed by atoms with Crippen LogP contribution in [0.3, 0.4) is 0 Å². The van der Waals surface area contributed by atoms with E-state index in [2.05, 4.69) is 0 Å². The summed E-state index contributed by atoms with van der Waals surface area (Å²) in [4.78, 5) is 48.9. The van der Waals surface area contributed by atoms with E-state index >= 15 is 0 Å². The highest BCUT2D eigenvalue weighted by Crippen LogP contribution is 2.30. The van der Waals surface area contributed by atoms with Gasteiger partial charge in [-0.25, -0.2) is 14.4 Å². The highest BCUT2D eigenvalue weighted by atomic mass is 16.7. The second kappa shape index (κ2) is 19.7. The third-order valence-corrected chi connectivity index (χ3v) is 5.79. The van der Waals surface area contributed by atoms with Crippen LogP contribution in [0.2, 0.25) is 0 Å². The Kier molecular flexibility index (Phi) is 16.0. The maximum Gasteiger partial charge on any atom is 0.514 e. The van der Waals surface area contributed by atoms with Crippen LogP contribution in [0.15, 0.2) is 48.5 Å². The van der Waals surface area contributed by atoms with Crippen molar-refractivity contribution in [2.75, 3.05) is 19.8 Å². The molecule has 0 spiro atoms. The van der Waals surface area contributed by atoms with Crippen LogP contribution >= 0.6 is 0 Å². The van der Waals surface area contributed by atoms with Crippen molar-refractivity contribution in [2.24, 2.45) is 5.73 Å². The van der Waals surface area contributed by atoms with E-state index in [0.29, 0.717) is 24.2 Å². The first-order valence-corrected chi connectivity index (χ1v) is 14.4. The summed E-state index contributed by atoms with van der Waals surface area (Å²) in [6, 6.07) is 11.6. The minimum Gasteiger partial charge on any atom is -0.461 e. The van der Waals surface area contributed by atoms with Crippen molar-refractivity contribution in [1.82, 2.24) is 0 Å². The van der Waals surface area contributed by atoms with Gasteiger partial charge in [0, 0.05) is 0 Å². The topological polar surface area (TPSA) is 159 Å². The Bertz CT molecular complexity index is 1160. The molecule has 0 aliphatic rings. The number of carbonyl (C=O) groups is 4. The van der Waals surface area contributed by atoms with Crippen LogP contribution in [0.5, 0.6) is 17.2 Å². The van der Waals surface area contributed by atoms with Crippen LogP contribution in [0.25, 0.3) is 0 Å². The molecule has 2 N–H and O–H groups in total. The Hall–Kier alpha value is -4.32. The van der Waals surface area contributed by atoms with Crippen molar-refractivity contribution in [2.45, 2.75) is 77.9 Å². The smallest absolute Gasteiger partial charge is 0.461 e. The van der Waals surface area contributed by atoms with E-state index in [0.717, 1.165) is 25.7 Å². The van der Waals surface area contributed by atoms with Crippen LogP contribution in [0, 0.1) is 0 Å². The molecule has 0 fully saturated rings. The summed E-state index contributed by atoms with van der Waals surface area (Å²) < 4.78 is 36.0. The lowest BCUT2D eigenvalue weighted by Gasteiger charge is -2.16. The standard InChI is InChI=1S/C31H41NO11/c1-4-6-11-17-37-29(34)42-26-16-15-23(20-27(26)43-30(35)38-18-12-7-5-2)19-25(32)28(33)39-21-22(3)40-31(36)41-24-13-9-8-10-14-24/h8-10,13-16,20,22,25H,4-7,11-12,17-19,21,32H2,1-3H3/t22-,25-/m0/s1. The third-order valence-electron chi connectivity index (χ3n) is 5.79. The molecule has 12 heteroatoms. The van der Waals surface area contributed by atoms with E-state index in [1.165, 1.54) is 19.1 Å². The largest absolute Gasteiger partial charge is 0.514 e. The molecule has 0 saturated carbocycles. The van der Waals surface area contributed by atoms with Crippen LogP contribution < -0.4 is 19.9 Å². The van der Waals surface area contributed by atoms with E-state index in [4.69, 9.17) is 38.9 Å². The molecule has 0 aliphatic heterocycles. The van der Waals surface area contributed by atoms with Crippen LogP contribution in [-0.2, 0) is 30.2 Å². The number of ether oxygens (including phenoxy) is 7. The molecule has 43 heavy (non-hydrogen) atoms. The van der Waals surface area contributed by atoms with Gasteiger partial charge in [0.1, 0.15) is 24.5 Å². The molecule has 2 rings (SSSR count). The van der Waals surface area contributed by atoms with E-state index in [1.54, 1.807) is 36.4 Å². The molecular formula is C31H41NO11. The molecule has 12 nitrogen and oxygen atoms in total. The average molecular weight is 604 g/mol. The molecule has 0 aliphatic carbocycles. The highest BCUT2D eigenvalue weighted by Gasteiger charge is 2.22. The summed E-state index contributed by atoms with van der Waals surface area (Å²) in [7, 11) is 0. The minimum atomic E-state index is -1.10. The zero-order valence-electron chi connectivity index (χ0n) is 24.9. The summed E-state index contributed by atoms with van der Waals surface area (Å²) in [5.74, 6) is -0.616. The van der Waals surface area contributed by atoms with Crippen molar-refractivity contribution in [3.8, 4) is 17.2 Å². The molecule has 0 radical (unpaired) electrons. The zero-order chi connectivity index (χ0) is 31.5. The number of esters is 1. The zero-order valence-corrected chi connectivity index (χ0v) is 24.9. The van der Waals surface area contributed by atoms with Crippen LogP contribution in [0.4, 0.5) is 14.4 Å². The molecule has 0 unspecified atom stereocenters. The van der Waals surface area contributed by atoms with Gasteiger partial charge in [0.25, 0.3) is 0 Å². The van der Waals surface area contributed by atoms with Gasteiger partial charge in [-0.2, -0.15) is 0 Å². The number of rotatable bonds is 17. The second-order valence-corrected chi connectivity index (χ2v) is 9.63. The second-order valence-electron chi connectivity index (χ2n) is 9.63. The molecule has 0 bridgehead atoms. The Morgan fingerprint density at radius 2 is 1.33 bits per heavy atom. The number of hydrogen-bond donors (Lipinski definition) is 1. The third kappa shape index (κ3) is 14.4. The fourth-order valence-electron chi connectivity index (χ4n) is 3.55. The fourth-order valence-corrected chi connectivity index (χ4v) is 3.55. The molecule has 2 aromatic carbocycles. The number of hydrogen-bond acceptors (Lipinski definition) is 12. The first-order chi connectivity index (χ1) is 20.7. The predicted octanol–water partition coefficient (Wildman–Crippen LogP) is 6.11. The SMILES string of the molecule is CCCCCOC(=O)Oc1ccc(C[C@H](N)C(=O)OC[C@H](C)OC(=O)Oc2ccccc2)cc1OC(=O)OCCCCC. The lowest BCUT2D eigenvalue weighted by atomic mass is 10.1. The van der Waals surface area contributed by atoms with Gasteiger partial charge < -0.3 is 38.9 Å². The number of carbonyl (C=O) groups excluding carboxylic acids is 4. The van der Waals surface area contributed by atoms with Gasteiger partial charge in [0.05, 0.1) is 13.2 Å². The molecule has 0 heterocycles. The van der Waals surface area contributed by atoms with Gasteiger partial charge in [0.15, 0.2) is 11.5 Å². The van der Waals surface area contributed by atoms with Crippen LogP contribution in [0.1, 0.15) is 64.9 Å². The molecule has 2 aromatic rings. The van der Waals surface area contributed by atoms with Crippen molar-refractivity contribution < 1.29 is 52.3 Å². The molecule has 0 saturated heterocycles. The Morgan fingerprint density at radius 1 is 0.721 bits per heavy atom. The predicted molar refractivity (Wildman–Crippen MR) is 155 cm³/mol. The van der Waals surface area contributed by atoms with Crippen LogP contribution in [-0.4, -0.2) is 56.4 Å². The monoisotopic (exact) mass is 603 g/mol. The van der Waals surface area contributed by atoms with Gasteiger partial charge in [-0.1, -0.05) is 63.8 Å². The maximum absolute atomic E-state index is 12.5. The highest BCUT2D eigenvalue weighted by molar-refractivity contribution is 5.76. The van der Waals surface area contributed by atoms with E-state index in [-0.39, 0.29) is 37.7 Å². The van der Waals surface area contributed by atoms with E-state index in [1.807, 2.05) is 13.8 Å². The van der Waals surface area contributed by atoms with Crippen molar-refractivity contribution in [3.63, 3.8) is 0 Å². The van der Waals surface area contributed by atoms with Gasteiger partial charge in [-0.15, -0.1) is 0 Å². The molecular weight excluding hydrogens is 562 g/mol. The molecule has 2 atom stereocenters. The maximum atomic E-state index is 12.5. The molecule has 0 amide bonds. The number of nitrogens with two attached hydrogens (primary N) is 1. The van der Waals surface area contributed by atoms with E-state index in [9.17, 15) is 19.2 Å². The first-order valence-electron chi connectivity index (χ1n) is 14.4. The summed E-state index contributed by atoms with van der Waals surface area (Å²) in [6.07, 6.45) is 1.39. The number of unbranched alkanes of at least 4 members (excludes halogenated alkanes) is 4. The number of para-hydroxylation sites is 1. The Morgan fingerprint density at radius 3 is 1.93 bits per heavy atom. The van der Waals surface area contributed by atoms with Crippen molar-refractivity contribution in [1.29, 1.82) is 0 Å².